The molecule has 94 valence electrons. The van der Waals surface area contributed by atoms with Crippen molar-refractivity contribution in [1.29, 1.82) is 5.26 Å². The molecule has 0 spiro atoms. The Hall–Kier alpha value is -2.42. The van der Waals surface area contributed by atoms with E-state index in [0.717, 1.165) is 0 Å². The lowest BCUT2D eigenvalue weighted by molar-refractivity contribution is -0.385. The molecule has 0 radical (unpaired) electrons. The Morgan fingerprint density at radius 2 is 2.28 bits per heavy atom. The largest absolute Gasteiger partial charge is 0.352 e. The number of hydrogen-bond donors (Lipinski definition) is 1. The highest BCUT2D eigenvalue weighted by Gasteiger charge is 2.17. The molecule has 0 aliphatic rings. The Morgan fingerprint density at radius 1 is 1.56 bits per heavy atom. The maximum absolute atomic E-state index is 11.8. The van der Waals surface area contributed by atoms with Gasteiger partial charge in [0.2, 0.25) is 0 Å². The van der Waals surface area contributed by atoms with Gasteiger partial charge < -0.3 is 5.32 Å². The lowest BCUT2D eigenvalue weighted by Crippen LogP contribution is -2.25. The highest BCUT2D eigenvalue weighted by Crippen LogP contribution is 2.20. The van der Waals surface area contributed by atoms with E-state index in [-0.39, 0.29) is 11.6 Å². The molecule has 1 aromatic carbocycles. The van der Waals surface area contributed by atoms with Gasteiger partial charge in [0.05, 0.1) is 11.0 Å². The number of rotatable bonds is 5. The molecule has 0 heterocycles. The molecule has 1 aromatic rings. The molecular formula is C12H13N3O3. The van der Waals surface area contributed by atoms with Crippen LogP contribution in [0.3, 0.4) is 0 Å². The first-order valence-corrected chi connectivity index (χ1v) is 5.47. The van der Waals surface area contributed by atoms with Crippen molar-refractivity contribution < 1.29 is 9.72 Å². The van der Waals surface area contributed by atoms with Crippen LogP contribution in [0.1, 0.15) is 28.8 Å². The zero-order valence-electron chi connectivity index (χ0n) is 9.97. The van der Waals surface area contributed by atoms with Gasteiger partial charge in [-0.1, -0.05) is 6.07 Å². The highest BCUT2D eigenvalue weighted by atomic mass is 16.6. The second kappa shape index (κ2) is 6.35. The third-order valence-electron chi connectivity index (χ3n) is 2.50. The van der Waals surface area contributed by atoms with Crippen LogP contribution in [0, 0.1) is 28.4 Å². The van der Waals surface area contributed by atoms with E-state index in [9.17, 15) is 14.9 Å². The molecule has 1 amide bonds. The van der Waals surface area contributed by atoms with Crippen LogP contribution in [0.5, 0.6) is 0 Å². The molecule has 0 saturated heterocycles. The molecule has 6 nitrogen and oxygen atoms in total. The summed E-state index contributed by atoms with van der Waals surface area (Å²) in [5.41, 5.74) is 0.570. The van der Waals surface area contributed by atoms with Crippen molar-refractivity contribution in [3.63, 3.8) is 0 Å². The van der Waals surface area contributed by atoms with E-state index in [1.165, 1.54) is 12.1 Å². The van der Waals surface area contributed by atoms with Gasteiger partial charge in [0.25, 0.3) is 11.6 Å². The second-order valence-corrected chi connectivity index (χ2v) is 3.72. The zero-order valence-corrected chi connectivity index (χ0v) is 9.97. The monoisotopic (exact) mass is 247 g/mol. The molecule has 0 fully saturated rings. The van der Waals surface area contributed by atoms with Crippen LogP contribution < -0.4 is 5.32 Å². The van der Waals surface area contributed by atoms with Crippen molar-refractivity contribution in [1.82, 2.24) is 5.32 Å². The van der Waals surface area contributed by atoms with Gasteiger partial charge in [0.1, 0.15) is 0 Å². The third-order valence-corrected chi connectivity index (χ3v) is 2.50. The molecule has 0 aromatic heterocycles. The van der Waals surface area contributed by atoms with Gasteiger partial charge in [-0.2, -0.15) is 5.26 Å². The number of unbranched alkanes of at least 4 members (excludes halogenated alkanes) is 1. The third kappa shape index (κ3) is 3.28. The van der Waals surface area contributed by atoms with E-state index in [2.05, 4.69) is 5.32 Å². The van der Waals surface area contributed by atoms with E-state index in [1.807, 2.05) is 6.07 Å². The average Bonchev–Trinajstić information content (AvgIpc) is 2.34. The van der Waals surface area contributed by atoms with Crippen molar-refractivity contribution in [2.24, 2.45) is 0 Å². The van der Waals surface area contributed by atoms with E-state index in [4.69, 9.17) is 5.26 Å². The first-order chi connectivity index (χ1) is 8.57. The first kappa shape index (κ1) is 13.6. The smallest absolute Gasteiger partial charge is 0.273 e. The van der Waals surface area contributed by atoms with Crippen LogP contribution in [-0.4, -0.2) is 17.4 Å². The van der Waals surface area contributed by atoms with Crippen molar-refractivity contribution in [2.45, 2.75) is 19.8 Å². The molecule has 0 bridgehead atoms. The quantitative estimate of drug-likeness (QED) is 0.488. The van der Waals surface area contributed by atoms with E-state index in [0.29, 0.717) is 30.5 Å². The number of nitro benzene ring substituents is 1. The number of carbonyl (C=O) groups excluding carboxylic acids is 1. The minimum absolute atomic E-state index is 0.0697. The Bertz CT molecular complexity index is 506. The van der Waals surface area contributed by atoms with Crippen LogP contribution in [0.2, 0.25) is 0 Å². The molecular weight excluding hydrogens is 234 g/mol. The first-order valence-electron chi connectivity index (χ1n) is 5.47. The normalized spacial score (nSPS) is 9.56. The van der Waals surface area contributed by atoms with Crippen molar-refractivity contribution in [3.05, 3.63) is 39.4 Å². The maximum atomic E-state index is 11.8. The lowest BCUT2D eigenvalue weighted by Gasteiger charge is -2.06. The summed E-state index contributed by atoms with van der Waals surface area (Å²) < 4.78 is 0. The number of hydrogen-bond acceptors (Lipinski definition) is 4. The molecule has 1 N–H and O–H groups in total. The molecule has 0 aliphatic heterocycles. The number of nitro groups is 1. The van der Waals surface area contributed by atoms with Gasteiger partial charge in [-0.3, -0.25) is 14.9 Å². The van der Waals surface area contributed by atoms with Crippen LogP contribution in [0.4, 0.5) is 5.69 Å². The molecule has 0 aliphatic carbocycles. The fourth-order valence-electron chi connectivity index (χ4n) is 1.53. The number of nitrogens with zero attached hydrogens (tertiary/aromatic N) is 2. The number of carbonyl (C=O) groups is 1. The number of benzene rings is 1. The highest BCUT2D eigenvalue weighted by molar-refractivity contribution is 5.96. The SMILES string of the molecule is Cc1c(C(=O)NCCCC#N)cccc1[N+](=O)[O-]. The molecule has 18 heavy (non-hydrogen) atoms. The average molecular weight is 247 g/mol. The Kier molecular flexibility index (Phi) is 4.81. The predicted molar refractivity (Wildman–Crippen MR) is 65.0 cm³/mol. The molecule has 0 unspecified atom stereocenters. The van der Waals surface area contributed by atoms with Gasteiger partial charge >= 0.3 is 0 Å². The van der Waals surface area contributed by atoms with Crippen LogP contribution in [-0.2, 0) is 0 Å². The summed E-state index contributed by atoms with van der Waals surface area (Å²) in [6.45, 7) is 1.93. The fourth-order valence-corrected chi connectivity index (χ4v) is 1.53. The Balaban J connectivity index is 2.78. The predicted octanol–water partition coefficient (Wildman–Crippen LogP) is 1.94. The van der Waals surface area contributed by atoms with Gasteiger partial charge in [-0.15, -0.1) is 0 Å². The van der Waals surface area contributed by atoms with Gasteiger partial charge in [0, 0.05) is 30.2 Å². The number of nitriles is 1. The molecule has 0 saturated carbocycles. The molecule has 6 heteroatoms. The van der Waals surface area contributed by atoms with E-state index in [1.54, 1.807) is 13.0 Å². The fraction of sp³-hybridized carbons (Fsp3) is 0.333. The zero-order chi connectivity index (χ0) is 13.5. The standard InChI is InChI=1S/C12H13N3O3/c1-9-10(5-4-6-11(9)15(17)18)12(16)14-8-3-2-7-13/h4-6H,2-3,8H2,1H3,(H,14,16). The van der Waals surface area contributed by atoms with Crippen molar-refractivity contribution in [3.8, 4) is 6.07 Å². The minimum Gasteiger partial charge on any atom is -0.352 e. The Morgan fingerprint density at radius 3 is 2.89 bits per heavy atom. The minimum atomic E-state index is -0.512. The summed E-state index contributed by atoms with van der Waals surface area (Å²) in [5.74, 6) is -0.353. The summed E-state index contributed by atoms with van der Waals surface area (Å²) in [7, 11) is 0. The van der Waals surface area contributed by atoms with E-state index >= 15 is 0 Å². The van der Waals surface area contributed by atoms with Crippen molar-refractivity contribution in [2.75, 3.05) is 6.54 Å². The second-order valence-electron chi connectivity index (χ2n) is 3.72. The van der Waals surface area contributed by atoms with Crippen LogP contribution in [0.15, 0.2) is 18.2 Å². The Labute approximate surface area is 104 Å². The summed E-state index contributed by atoms with van der Waals surface area (Å²) in [4.78, 5) is 22.0. The summed E-state index contributed by atoms with van der Waals surface area (Å²) in [5, 5.41) is 21.7. The summed E-state index contributed by atoms with van der Waals surface area (Å²) >= 11 is 0. The van der Waals surface area contributed by atoms with Crippen LogP contribution in [0.25, 0.3) is 0 Å². The van der Waals surface area contributed by atoms with Gasteiger partial charge in [0.15, 0.2) is 0 Å². The molecule has 0 atom stereocenters. The van der Waals surface area contributed by atoms with Gasteiger partial charge in [-0.25, -0.2) is 0 Å². The number of nitrogens with one attached hydrogen (secondary N) is 1. The van der Waals surface area contributed by atoms with Crippen LogP contribution >= 0.6 is 0 Å². The van der Waals surface area contributed by atoms with E-state index < -0.39 is 4.92 Å². The van der Waals surface area contributed by atoms with Gasteiger partial charge in [-0.05, 0) is 19.4 Å². The summed E-state index contributed by atoms with van der Waals surface area (Å²) in [6, 6.07) is 6.36. The lowest BCUT2D eigenvalue weighted by atomic mass is 10.1. The molecule has 1 rings (SSSR count). The van der Waals surface area contributed by atoms with Crippen molar-refractivity contribution >= 4 is 11.6 Å². The summed E-state index contributed by atoms with van der Waals surface area (Å²) in [6.07, 6.45) is 0.935. The topological polar surface area (TPSA) is 96.0 Å². The number of amides is 1. The maximum Gasteiger partial charge on any atom is 0.273 e.